The molecule has 8 nitrogen and oxygen atoms in total. The number of ether oxygens (including phenoxy) is 4. The lowest BCUT2D eigenvalue weighted by Gasteiger charge is -2.42. The minimum atomic E-state index is -1.42. The van der Waals surface area contributed by atoms with Gasteiger partial charge in [-0.3, -0.25) is 0 Å². The van der Waals surface area contributed by atoms with Crippen molar-refractivity contribution in [1.29, 1.82) is 0 Å². The first-order valence-electron chi connectivity index (χ1n) is 11.7. The van der Waals surface area contributed by atoms with Gasteiger partial charge < -0.3 is 29.6 Å². The highest BCUT2D eigenvalue weighted by Crippen LogP contribution is 2.36. The van der Waals surface area contributed by atoms with Crippen LogP contribution in [0.2, 0.25) is 10.0 Å². The number of nitrogens with one attached hydrogen (secondary N) is 2. The van der Waals surface area contributed by atoms with Gasteiger partial charge in [-0.2, -0.15) is 0 Å². The number of hydrogen-bond donors (Lipinski definition) is 2. The molecular formula is C26H28Cl2N2O6. The molecule has 10 heteroatoms. The van der Waals surface area contributed by atoms with E-state index >= 15 is 0 Å². The minimum absolute atomic E-state index is 0.320. The Hall–Kier alpha value is -2.46. The van der Waals surface area contributed by atoms with Crippen molar-refractivity contribution < 1.29 is 28.5 Å². The van der Waals surface area contributed by atoms with Crippen LogP contribution in [0.25, 0.3) is 0 Å². The van der Waals surface area contributed by atoms with Crippen LogP contribution in [0, 0.1) is 0 Å². The van der Waals surface area contributed by atoms with Gasteiger partial charge in [0.2, 0.25) is 0 Å². The Morgan fingerprint density at radius 2 is 1.25 bits per heavy atom. The second-order valence-corrected chi connectivity index (χ2v) is 9.45. The van der Waals surface area contributed by atoms with Crippen LogP contribution >= 0.6 is 23.2 Å². The molecule has 4 unspecified atom stereocenters. The van der Waals surface area contributed by atoms with Gasteiger partial charge in [-0.1, -0.05) is 47.5 Å². The van der Waals surface area contributed by atoms with Crippen molar-refractivity contribution in [2.45, 2.75) is 37.5 Å². The molecular weight excluding hydrogens is 507 g/mol. The number of benzene rings is 2. The van der Waals surface area contributed by atoms with Gasteiger partial charge in [0, 0.05) is 46.4 Å². The molecule has 36 heavy (non-hydrogen) atoms. The molecule has 0 radical (unpaired) electrons. The molecule has 0 saturated carbocycles. The van der Waals surface area contributed by atoms with E-state index in [1.807, 2.05) is 13.8 Å². The zero-order chi connectivity index (χ0) is 25.8. The van der Waals surface area contributed by atoms with Gasteiger partial charge in [-0.25, -0.2) is 9.59 Å². The van der Waals surface area contributed by atoms with Crippen LogP contribution in [-0.4, -0.2) is 50.3 Å². The summed E-state index contributed by atoms with van der Waals surface area (Å²) in [4.78, 5) is 25.7. The monoisotopic (exact) mass is 534 g/mol. The maximum Gasteiger partial charge on any atom is 0.333 e. The van der Waals surface area contributed by atoms with E-state index in [2.05, 4.69) is 10.6 Å². The molecule has 0 bridgehead atoms. The topological polar surface area (TPSA) is 95.1 Å². The molecule has 2 saturated heterocycles. The van der Waals surface area contributed by atoms with E-state index in [1.54, 1.807) is 48.5 Å². The molecule has 2 fully saturated rings. The van der Waals surface area contributed by atoms with Gasteiger partial charge >= 0.3 is 11.9 Å². The zero-order valence-corrected chi connectivity index (χ0v) is 21.5. The summed E-state index contributed by atoms with van der Waals surface area (Å²) in [5.41, 5.74) is 1.16. The van der Waals surface area contributed by atoms with Crippen LogP contribution in [0.3, 0.4) is 0 Å². The second kappa shape index (κ2) is 11.3. The SMILES string of the molecule is CC1NCCOC1(OC(=O)/C=C/C(=O)OC1(c2cccc(Cl)c2)OCCNC1C)c1cccc(Cl)c1. The van der Waals surface area contributed by atoms with E-state index in [9.17, 15) is 9.59 Å². The van der Waals surface area contributed by atoms with Crippen LogP contribution in [0.4, 0.5) is 0 Å². The van der Waals surface area contributed by atoms with E-state index in [0.29, 0.717) is 47.5 Å². The molecule has 2 N–H and O–H groups in total. The molecule has 4 rings (SSSR count). The van der Waals surface area contributed by atoms with E-state index in [1.165, 1.54) is 0 Å². The maximum absolute atomic E-state index is 12.9. The summed E-state index contributed by atoms with van der Waals surface area (Å²) in [6.07, 6.45) is 2.01. The number of carbonyl (C=O) groups is 2. The van der Waals surface area contributed by atoms with Crippen LogP contribution in [-0.2, 0) is 40.1 Å². The summed E-state index contributed by atoms with van der Waals surface area (Å²) in [6.45, 7) is 5.52. The molecule has 0 amide bonds. The molecule has 2 aliphatic rings. The first kappa shape index (κ1) is 26.6. The number of halogens is 2. The van der Waals surface area contributed by atoms with Crippen molar-refractivity contribution in [2.75, 3.05) is 26.3 Å². The molecule has 2 aromatic rings. The minimum Gasteiger partial charge on any atom is -0.424 e. The molecule has 0 aromatic heterocycles. The van der Waals surface area contributed by atoms with Gasteiger partial charge in [0.25, 0.3) is 11.6 Å². The molecule has 0 aliphatic carbocycles. The van der Waals surface area contributed by atoms with E-state index in [-0.39, 0.29) is 12.1 Å². The average molecular weight is 535 g/mol. The predicted molar refractivity (Wildman–Crippen MR) is 134 cm³/mol. The van der Waals surface area contributed by atoms with Gasteiger partial charge in [0.05, 0.1) is 25.3 Å². The lowest BCUT2D eigenvalue weighted by Crippen LogP contribution is -2.56. The summed E-state index contributed by atoms with van der Waals surface area (Å²) >= 11 is 12.3. The Labute approximate surface area is 219 Å². The number of rotatable bonds is 6. The number of morpholine rings is 2. The molecule has 2 aliphatic heterocycles. The highest BCUT2D eigenvalue weighted by molar-refractivity contribution is 6.30. The third-order valence-electron chi connectivity index (χ3n) is 6.19. The summed E-state index contributed by atoms with van der Waals surface area (Å²) in [6, 6.07) is 13.1. The average Bonchev–Trinajstić information content (AvgIpc) is 2.86. The molecule has 2 heterocycles. The van der Waals surface area contributed by atoms with Crippen molar-refractivity contribution in [3.63, 3.8) is 0 Å². The fourth-order valence-corrected chi connectivity index (χ4v) is 4.79. The van der Waals surface area contributed by atoms with Crippen molar-refractivity contribution >= 4 is 35.1 Å². The predicted octanol–water partition coefficient (Wildman–Crippen LogP) is 3.66. The van der Waals surface area contributed by atoms with Crippen LogP contribution in [0.15, 0.2) is 60.7 Å². The summed E-state index contributed by atoms with van der Waals surface area (Å²) < 4.78 is 23.5. The Kier molecular flexibility index (Phi) is 8.34. The smallest absolute Gasteiger partial charge is 0.333 e. The Balaban J connectivity index is 1.53. The van der Waals surface area contributed by atoms with Crippen LogP contribution in [0.1, 0.15) is 25.0 Å². The summed E-state index contributed by atoms with van der Waals surface area (Å²) in [5.74, 6) is -4.40. The maximum atomic E-state index is 12.9. The normalized spacial score (nSPS) is 28.6. The van der Waals surface area contributed by atoms with Gasteiger partial charge in [0.1, 0.15) is 0 Å². The Morgan fingerprint density at radius 3 is 1.61 bits per heavy atom. The highest BCUT2D eigenvalue weighted by Gasteiger charge is 2.47. The third kappa shape index (κ3) is 5.59. The van der Waals surface area contributed by atoms with Crippen molar-refractivity contribution in [2.24, 2.45) is 0 Å². The quantitative estimate of drug-likeness (QED) is 0.428. The van der Waals surface area contributed by atoms with E-state index in [4.69, 9.17) is 42.1 Å². The lowest BCUT2D eigenvalue weighted by molar-refractivity contribution is -0.261. The first-order chi connectivity index (χ1) is 17.2. The van der Waals surface area contributed by atoms with Crippen molar-refractivity contribution in [3.05, 3.63) is 81.9 Å². The lowest BCUT2D eigenvalue weighted by atomic mass is 9.97. The number of esters is 2. The Bertz CT molecular complexity index is 1060. The standard InChI is InChI=1S/C26H28Cl2N2O6/c1-17-25(33-13-11-29-17,19-5-3-7-21(27)15-19)35-23(31)9-10-24(32)36-26(18(2)30-12-14-34-26)20-6-4-8-22(28)16-20/h3-10,15-18,29-30H,11-14H2,1-2H3/b10-9+. The molecule has 4 atom stereocenters. The second-order valence-electron chi connectivity index (χ2n) is 8.58. The summed E-state index contributed by atoms with van der Waals surface area (Å²) in [7, 11) is 0. The van der Waals surface area contributed by atoms with Gasteiger partial charge in [-0.15, -0.1) is 0 Å². The van der Waals surface area contributed by atoms with Crippen LogP contribution < -0.4 is 10.6 Å². The Morgan fingerprint density at radius 1 is 0.833 bits per heavy atom. The van der Waals surface area contributed by atoms with Gasteiger partial charge in [-0.05, 0) is 38.1 Å². The fraction of sp³-hybridized carbons (Fsp3) is 0.385. The third-order valence-corrected chi connectivity index (χ3v) is 6.66. The fourth-order valence-electron chi connectivity index (χ4n) is 4.41. The van der Waals surface area contributed by atoms with Crippen molar-refractivity contribution in [1.82, 2.24) is 10.6 Å². The molecule has 2 aromatic carbocycles. The van der Waals surface area contributed by atoms with Gasteiger partial charge in [0.15, 0.2) is 0 Å². The van der Waals surface area contributed by atoms with E-state index in [0.717, 1.165) is 12.2 Å². The largest absolute Gasteiger partial charge is 0.424 e. The zero-order valence-electron chi connectivity index (χ0n) is 20.0. The van der Waals surface area contributed by atoms with Crippen molar-refractivity contribution in [3.8, 4) is 0 Å². The highest BCUT2D eigenvalue weighted by atomic mass is 35.5. The number of hydrogen-bond acceptors (Lipinski definition) is 8. The molecule has 192 valence electrons. The first-order valence-corrected chi connectivity index (χ1v) is 12.4. The van der Waals surface area contributed by atoms with E-state index < -0.39 is 23.5 Å². The summed E-state index contributed by atoms with van der Waals surface area (Å²) in [5, 5.41) is 7.46. The number of carbonyl (C=O) groups excluding carboxylic acids is 2. The van der Waals surface area contributed by atoms with Crippen LogP contribution in [0.5, 0.6) is 0 Å². The molecule has 0 spiro atoms.